The van der Waals surface area contributed by atoms with Gasteiger partial charge in [0, 0.05) is 45.0 Å². The van der Waals surface area contributed by atoms with Gasteiger partial charge in [-0.3, -0.25) is 14.6 Å². The van der Waals surface area contributed by atoms with E-state index in [0.29, 0.717) is 0 Å². The van der Waals surface area contributed by atoms with E-state index in [0.717, 1.165) is 64.3 Å². The zero-order valence-corrected chi connectivity index (χ0v) is 20.1. The summed E-state index contributed by atoms with van der Waals surface area (Å²) in [4.78, 5) is 17.2. The van der Waals surface area contributed by atoms with Crippen molar-refractivity contribution in [2.75, 3.05) is 38.0 Å². The Labute approximate surface area is 204 Å². The van der Waals surface area contributed by atoms with Gasteiger partial charge in [0.1, 0.15) is 0 Å². The predicted octanol–water partition coefficient (Wildman–Crippen LogP) is 3.96. The van der Waals surface area contributed by atoms with Crippen LogP contribution in [0.25, 0.3) is 0 Å². The van der Waals surface area contributed by atoms with Gasteiger partial charge >= 0.3 is 0 Å². The van der Waals surface area contributed by atoms with Crippen LogP contribution in [0.5, 0.6) is 0 Å². The summed E-state index contributed by atoms with van der Waals surface area (Å²) in [6.45, 7) is 7.36. The Hall–Kier alpha value is -1.34. The second kappa shape index (κ2) is 13.9. The summed E-state index contributed by atoms with van der Waals surface area (Å²) in [5, 5.41) is 6.26. The van der Waals surface area contributed by atoms with E-state index in [1.165, 1.54) is 11.1 Å². The summed E-state index contributed by atoms with van der Waals surface area (Å²) in [5.74, 6) is 0.0831. The number of hydrogen-bond acceptors (Lipinski definition) is 4. The molecule has 0 bridgehead atoms. The monoisotopic (exact) mass is 486 g/mol. The number of hydrogen-bond donors (Lipinski definition) is 2. The second-order valence-electron chi connectivity index (χ2n) is 7.87. The van der Waals surface area contributed by atoms with Gasteiger partial charge in [0.2, 0.25) is 5.91 Å². The van der Waals surface area contributed by atoms with E-state index in [1.807, 2.05) is 12.1 Å². The topological polar surface area (TPSA) is 47.6 Å². The molecule has 4 rings (SSSR count). The number of nitrogens with one attached hydrogen (secondary N) is 2. The molecule has 2 aliphatic rings. The van der Waals surface area contributed by atoms with Gasteiger partial charge in [-0.25, -0.2) is 0 Å². The molecule has 8 heteroatoms. The molecule has 2 saturated heterocycles. The van der Waals surface area contributed by atoms with Crippen LogP contribution in [0.1, 0.15) is 24.0 Å². The van der Waals surface area contributed by atoms with Gasteiger partial charge in [-0.1, -0.05) is 42.5 Å². The van der Waals surface area contributed by atoms with Crippen molar-refractivity contribution < 1.29 is 4.79 Å². The van der Waals surface area contributed by atoms with Gasteiger partial charge in [0.25, 0.3) is 0 Å². The van der Waals surface area contributed by atoms with Crippen LogP contribution in [-0.4, -0.2) is 54.5 Å². The highest BCUT2D eigenvalue weighted by atomic mass is 35.5. The predicted molar refractivity (Wildman–Crippen MR) is 135 cm³/mol. The van der Waals surface area contributed by atoms with Crippen LogP contribution in [0.2, 0.25) is 0 Å². The maximum absolute atomic E-state index is 12.2. The fourth-order valence-electron chi connectivity index (χ4n) is 4.04. The first-order valence-corrected chi connectivity index (χ1v) is 10.4. The molecule has 0 aromatic heterocycles. The Balaban J connectivity index is 0.00000160. The molecule has 0 saturated carbocycles. The third-order valence-electron chi connectivity index (χ3n) is 5.72. The molecule has 5 nitrogen and oxygen atoms in total. The smallest absolute Gasteiger partial charge is 0.241 e. The maximum atomic E-state index is 12.2. The Kier molecular flexibility index (Phi) is 12.5. The average Bonchev–Trinajstić information content (AvgIpc) is 3.27. The van der Waals surface area contributed by atoms with Gasteiger partial charge < -0.3 is 10.6 Å². The Morgan fingerprint density at radius 3 is 1.90 bits per heavy atom. The standard InChI is InChI=1S/C23H30N4O.3ClH/c28-23(22-7-4-12-24-22)25-21-10-8-20(9-11-21)18-27-15-13-26(14-16-27)17-19-5-2-1-3-6-19;;;/h1-3,5-6,8-11,22,24H,4,7,12-18H2,(H,25,28);3*1H. The minimum Gasteiger partial charge on any atom is -0.325 e. The number of carbonyl (C=O) groups excluding carboxylic acids is 1. The minimum absolute atomic E-state index is 0. The van der Waals surface area contributed by atoms with Crippen molar-refractivity contribution in [3.8, 4) is 0 Å². The highest BCUT2D eigenvalue weighted by Gasteiger charge is 2.22. The van der Waals surface area contributed by atoms with Crippen molar-refractivity contribution in [2.24, 2.45) is 0 Å². The number of nitrogens with zero attached hydrogens (tertiary/aromatic N) is 2. The van der Waals surface area contributed by atoms with E-state index in [9.17, 15) is 4.79 Å². The summed E-state index contributed by atoms with van der Waals surface area (Å²) >= 11 is 0. The SMILES string of the molecule is Cl.Cl.Cl.O=C(Nc1ccc(CN2CCN(Cc3ccccc3)CC2)cc1)C1CCCN1. The van der Waals surface area contributed by atoms with Crippen LogP contribution in [0.15, 0.2) is 54.6 Å². The molecule has 2 heterocycles. The molecular formula is C23H33Cl3N4O. The molecule has 31 heavy (non-hydrogen) atoms. The van der Waals surface area contributed by atoms with Crippen molar-refractivity contribution >= 4 is 48.8 Å². The molecule has 1 atom stereocenters. The molecule has 2 aromatic rings. The van der Waals surface area contributed by atoms with Gasteiger partial charge in [-0.15, -0.1) is 37.2 Å². The van der Waals surface area contributed by atoms with Crippen molar-refractivity contribution in [3.63, 3.8) is 0 Å². The van der Waals surface area contributed by atoms with E-state index in [4.69, 9.17) is 0 Å². The van der Waals surface area contributed by atoms with Crippen molar-refractivity contribution in [1.29, 1.82) is 0 Å². The third kappa shape index (κ3) is 8.26. The number of piperazine rings is 1. The van der Waals surface area contributed by atoms with Crippen molar-refractivity contribution in [3.05, 3.63) is 65.7 Å². The number of benzene rings is 2. The van der Waals surface area contributed by atoms with Gasteiger partial charge in [-0.2, -0.15) is 0 Å². The highest BCUT2D eigenvalue weighted by molar-refractivity contribution is 5.95. The van der Waals surface area contributed by atoms with Crippen LogP contribution in [0.4, 0.5) is 5.69 Å². The number of anilines is 1. The van der Waals surface area contributed by atoms with E-state index in [2.05, 4.69) is 62.9 Å². The molecule has 2 aromatic carbocycles. The Morgan fingerprint density at radius 1 is 0.839 bits per heavy atom. The molecule has 0 radical (unpaired) electrons. The van der Waals surface area contributed by atoms with Gasteiger partial charge in [-0.05, 0) is 42.6 Å². The summed E-state index contributed by atoms with van der Waals surface area (Å²) in [7, 11) is 0. The van der Waals surface area contributed by atoms with E-state index in [1.54, 1.807) is 0 Å². The lowest BCUT2D eigenvalue weighted by molar-refractivity contribution is -0.117. The first-order valence-electron chi connectivity index (χ1n) is 10.4. The summed E-state index contributed by atoms with van der Waals surface area (Å²) in [6.07, 6.45) is 2.01. The molecule has 1 unspecified atom stereocenters. The molecule has 2 N–H and O–H groups in total. The third-order valence-corrected chi connectivity index (χ3v) is 5.72. The fourth-order valence-corrected chi connectivity index (χ4v) is 4.04. The summed E-state index contributed by atoms with van der Waals surface area (Å²) in [6, 6.07) is 19.0. The minimum atomic E-state index is -0.0353. The summed E-state index contributed by atoms with van der Waals surface area (Å²) in [5.41, 5.74) is 3.57. The van der Waals surface area contributed by atoms with Crippen LogP contribution in [0, 0.1) is 0 Å². The van der Waals surface area contributed by atoms with Crippen LogP contribution in [0.3, 0.4) is 0 Å². The number of rotatable bonds is 6. The molecule has 0 spiro atoms. The van der Waals surface area contributed by atoms with Crippen molar-refractivity contribution in [1.82, 2.24) is 15.1 Å². The van der Waals surface area contributed by atoms with E-state index in [-0.39, 0.29) is 49.2 Å². The number of amides is 1. The van der Waals surface area contributed by atoms with Crippen LogP contribution < -0.4 is 10.6 Å². The first kappa shape index (κ1) is 27.7. The molecule has 2 aliphatic heterocycles. The van der Waals surface area contributed by atoms with E-state index >= 15 is 0 Å². The fraction of sp³-hybridized carbons (Fsp3) is 0.435. The lowest BCUT2D eigenvalue weighted by Gasteiger charge is -2.34. The Morgan fingerprint density at radius 2 is 1.39 bits per heavy atom. The zero-order chi connectivity index (χ0) is 19.2. The van der Waals surface area contributed by atoms with Crippen LogP contribution >= 0.6 is 37.2 Å². The van der Waals surface area contributed by atoms with Gasteiger partial charge in [0.05, 0.1) is 6.04 Å². The molecule has 172 valence electrons. The second-order valence-corrected chi connectivity index (χ2v) is 7.87. The average molecular weight is 488 g/mol. The number of carbonyl (C=O) groups is 1. The number of halogens is 3. The quantitative estimate of drug-likeness (QED) is 0.647. The molecule has 2 fully saturated rings. The lowest BCUT2D eigenvalue weighted by atomic mass is 10.1. The maximum Gasteiger partial charge on any atom is 0.241 e. The lowest BCUT2D eigenvalue weighted by Crippen LogP contribution is -2.45. The highest BCUT2D eigenvalue weighted by Crippen LogP contribution is 2.15. The van der Waals surface area contributed by atoms with E-state index < -0.39 is 0 Å². The molecule has 1 amide bonds. The van der Waals surface area contributed by atoms with Gasteiger partial charge in [0.15, 0.2) is 0 Å². The Bertz CT molecular complexity index is 762. The largest absolute Gasteiger partial charge is 0.325 e. The first-order chi connectivity index (χ1) is 13.8. The van der Waals surface area contributed by atoms with Crippen molar-refractivity contribution in [2.45, 2.75) is 32.0 Å². The molecular weight excluding hydrogens is 455 g/mol. The normalized spacial score (nSPS) is 18.9. The molecule has 0 aliphatic carbocycles. The summed E-state index contributed by atoms with van der Waals surface area (Å²) < 4.78 is 0. The van der Waals surface area contributed by atoms with Crippen LogP contribution in [-0.2, 0) is 17.9 Å². The zero-order valence-electron chi connectivity index (χ0n) is 17.7.